The number of benzene rings is 1. The third-order valence-electron chi connectivity index (χ3n) is 3.26. The Kier molecular flexibility index (Phi) is 4.61. The van der Waals surface area contributed by atoms with E-state index in [1.165, 1.54) is 0 Å². The average molecular weight is 260 g/mol. The van der Waals surface area contributed by atoms with Crippen LogP contribution in [0.15, 0.2) is 30.3 Å². The quantitative estimate of drug-likeness (QED) is 0.761. The number of carbonyl (C=O) groups excluding carboxylic acids is 1. The molecule has 1 atom stereocenters. The summed E-state index contributed by atoms with van der Waals surface area (Å²) in [7, 11) is 0. The van der Waals surface area contributed by atoms with Crippen molar-refractivity contribution in [1.29, 1.82) is 0 Å². The maximum atomic E-state index is 12.0. The molecule has 3 nitrogen and oxygen atoms in total. The first kappa shape index (κ1) is 13.7. The largest absolute Gasteiger partial charge is 0.493 e. The zero-order valence-corrected chi connectivity index (χ0v) is 11.5. The van der Waals surface area contributed by atoms with Gasteiger partial charge in [-0.15, -0.1) is 0 Å². The van der Waals surface area contributed by atoms with E-state index in [4.69, 9.17) is 9.47 Å². The molecule has 2 rings (SSSR count). The van der Waals surface area contributed by atoms with Crippen molar-refractivity contribution in [2.45, 2.75) is 26.7 Å². The van der Waals surface area contributed by atoms with Crippen LogP contribution >= 0.6 is 0 Å². The molecule has 19 heavy (non-hydrogen) atoms. The number of para-hydroxylation sites is 1. The molecule has 0 bridgehead atoms. The summed E-state index contributed by atoms with van der Waals surface area (Å²) in [4.78, 5) is 12.0. The molecule has 1 aliphatic carbocycles. The van der Waals surface area contributed by atoms with Crippen molar-refractivity contribution in [2.75, 3.05) is 13.2 Å². The van der Waals surface area contributed by atoms with E-state index >= 15 is 0 Å². The van der Waals surface area contributed by atoms with Gasteiger partial charge in [0.05, 0.1) is 19.1 Å². The maximum Gasteiger partial charge on any atom is 0.313 e. The first-order valence-electron chi connectivity index (χ1n) is 6.86. The van der Waals surface area contributed by atoms with Gasteiger partial charge in [-0.05, 0) is 38.3 Å². The van der Waals surface area contributed by atoms with E-state index in [1.54, 1.807) is 0 Å². The fourth-order valence-corrected chi connectivity index (χ4v) is 2.48. The monoisotopic (exact) mass is 260 g/mol. The standard InChI is InChI=1S/C16H20O3/c1-3-18-15-11-6-5-8-13(15)12-9-7-10-14(12)16(17)19-4-2/h5-6,8-9,11,14H,3-4,7,10H2,1-2H3/t14-/m1/s1. The van der Waals surface area contributed by atoms with E-state index < -0.39 is 0 Å². The van der Waals surface area contributed by atoms with Crippen LogP contribution in [0, 0.1) is 5.92 Å². The van der Waals surface area contributed by atoms with Crippen molar-refractivity contribution in [3.63, 3.8) is 0 Å². The number of hydrogen-bond acceptors (Lipinski definition) is 3. The van der Waals surface area contributed by atoms with Crippen molar-refractivity contribution >= 4 is 11.5 Å². The molecule has 1 aromatic rings. The highest BCUT2D eigenvalue weighted by atomic mass is 16.5. The molecule has 0 fully saturated rings. The zero-order valence-electron chi connectivity index (χ0n) is 11.5. The Balaban J connectivity index is 2.27. The summed E-state index contributed by atoms with van der Waals surface area (Å²) in [5.41, 5.74) is 2.06. The van der Waals surface area contributed by atoms with Gasteiger partial charge in [0.1, 0.15) is 5.75 Å². The molecular weight excluding hydrogens is 240 g/mol. The number of allylic oxidation sites excluding steroid dienone is 1. The summed E-state index contributed by atoms with van der Waals surface area (Å²) < 4.78 is 10.8. The summed E-state index contributed by atoms with van der Waals surface area (Å²) in [6.45, 7) is 4.84. The van der Waals surface area contributed by atoms with Crippen molar-refractivity contribution in [3.8, 4) is 5.75 Å². The van der Waals surface area contributed by atoms with Gasteiger partial charge < -0.3 is 9.47 Å². The molecule has 102 valence electrons. The third-order valence-corrected chi connectivity index (χ3v) is 3.26. The van der Waals surface area contributed by atoms with Gasteiger partial charge in [-0.25, -0.2) is 0 Å². The second-order valence-corrected chi connectivity index (χ2v) is 4.47. The summed E-state index contributed by atoms with van der Waals surface area (Å²) >= 11 is 0. The van der Waals surface area contributed by atoms with Gasteiger partial charge in [0.15, 0.2) is 0 Å². The second-order valence-electron chi connectivity index (χ2n) is 4.47. The Morgan fingerprint density at radius 3 is 2.79 bits per heavy atom. The van der Waals surface area contributed by atoms with Gasteiger partial charge in [0.25, 0.3) is 0 Å². The van der Waals surface area contributed by atoms with Crippen LogP contribution in [0.3, 0.4) is 0 Å². The Labute approximate surface area is 114 Å². The average Bonchev–Trinajstić information content (AvgIpc) is 2.89. The fraction of sp³-hybridized carbons (Fsp3) is 0.438. The van der Waals surface area contributed by atoms with Crippen molar-refractivity contribution in [3.05, 3.63) is 35.9 Å². The van der Waals surface area contributed by atoms with Crippen LogP contribution in [-0.4, -0.2) is 19.2 Å². The van der Waals surface area contributed by atoms with Crippen LogP contribution in [0.5, 0.6) is 5.75 Å². The topological polar surface area (TPSA) is 35.5 Å². The molecule has 0 heterocycles. The van der Waals surface area contributed by atoms with Gasteiger partial charge in [0.2, 0.25) is 0 Å². The van der Waals surface area contributed by atoms with E-state index in [0.29, 0.717) is 13.2 Å². The normalized spacial score (nSPS) is 18.0. The predicted molar refractivity (Wildman–Crippen MR) is 74.9 cm³/mol. The number of hydrogen-bond donors (Lipinski definition) is 0. The molecule has 0 spiro atoms. The second kappa shape index (κ2) is 6.41. The molecular formula is C16H20O3. The van der Waals surface area contributed by atoms with E-state index in [9.17, 15) is 4.79 Å². The Morgan fingerprint density at radius 2 is 2.05 bits per heavy atom. The molecule has 0 N–H and O–H groups in total. The van der Waals surface area contributed by atoms with Crippen LogP contribution in [0.25, 0.3) is 5.57 Å². The minimum Gasteiger partial charge on any atom is -0.493 e. The molecule has 0 amide bonds. The zero-order chi connectivity index (χ0) is 13.7. The van der Waals surface area contributed by atoms with Gasteiger partial charge in [-0.3, -0.25) is 4.79 Å². The lowest BCUT2D eigenvalue weighted by Gasteiger charge is -2.16. The number of rotatable bonds is 5. The maximum absolute atomic E-state index is 12.0. The number of esters is 1. The smallest absolute Gasteiger partial charge is 0.313 e. The predicted octanol–water partition coefficient (Wildman–Crippen LogP) is 3.44. The lowest BCUT2D eigenvalue weighted by atomic mass is 9.94. The Morgan fingerprint density at radius 1 is 1.26 bits per heavy atom. The molecule has 0 saturated carbocycles. The summed E-state index contributed by atoms with van der Waals surface area (Å²) in [5.74, 6) is 0.562. The van der Waals surface area contributed by atoms with E-state index in [1.807, 2.05) is 38.1 Å². The highest BCUT2D eigenvalue weighted by Crippen LogP contribution is 2.38. The fourth-order valence-electron chi connectivity index (χ4n) is 2.48. The first-order valence-corrected chi connectivity index (χ1v) is 6.86. The van der Waals surface area contributed by atoms with Gasteiger partial charge in [-0.2, -0.15) is 0 Å². The SMILES string of the molecule is CCOC(=O)[C@@H]1CCC=C1c1ccccc1OCC. The van der Waals surface area contributed by atoms with Gasteiger partial charge >= 0.3 is 5.97 Å². The van der Waals surface area contributed by atoms with E-state index in [0.717, 1.165) is 29.7 Å². The molecule has 3 heteroatoms. The van der Waals surface area contributed by atoms with Crippen LogP contribution < -0.4 is 4.74 Å². The van der Waals surface area contributed by atoms with Crippen molar-refractivity contribution < 1.29 is 14.3 Å². The van der Waals surface area contributed by atoms with Crippen LogP contribution in [0.2, 0.25) is 0 Å². The van der Waals surface area contributed by atoms with Crippen molar-refractivity contribution in [2.24, 2.45) is 5.92 Å². The lowest BCUT2D eigenvalue weighted by Crippen LogP contribution is -2.17. The highest BCUT2D eigenvalue weighted by molar-refractivity contribution is 5.91. The minimum atomic E-state index is -0.151. The van der Waals surface area contributed by atoms with E-state index in [2.05, 4.69) is 6.08 Å². The lowest BCUT2D eigenvalue weighted by molar-refractivity contribution is -0.145. The first-order chi connectivity index (χ1) is 9.27. The van der Waals surface area contributed by atoms with Gasteiger partial charge in [0, 0.05) is 5.56 Å². The molecule has 0 aromatic heterocycles. The number of carbonyl (C=O) groups is 1. The minimum absolute atomic E-state index is 0.127. The van der Waals surface area contributed by atoms with Crippen LogP contribution in [0.4, 0.5) is 0 Å². The molecule has 0 aliphatic heterocycles. The number of ether oxygens (including phenoxy) is 2. The molecule has 0 unspecified atom stereocenters. The summed E-state index contributed by atoms with van der Waals surface area (Å²) in [5, 5.41) is 0. The summed E-state index contributed by atoms with van der Waals surface area (Å²) in [6, 6.07) is 7.87. The highest BCUT2D eigenvalue weighted by Gasteiger charge is 2.29. The van der Waals surface area contributed by atoms with Crippen molar-refractivity contribution in [1.82, 2.24) is 0 Å². The molecule has 1 aliphatic rings. The molecule has 0 saturated heterocycles. The third kappa shape index (κ3) is 2.98. The van der Waals surface area contributed by atoms with Crippen LogP contribution in [-0.2, 0) is 9.53 Å². The molecule has 0 radical (unpaired) electrons. The van der Waals surface area contributed by atoms with Crippen LogP contribution in [0.1, 0.15) is 32.3 Å². The van der Waals surface area contributed by atoms with Gasteiger partial charge in [-0.1, -0.05) is 24.3 Å². The Bertz CT molecular complexity index is 477. The summed E-state index contributed by atoms with van der Waals surface area (Å²) in [6.07, 6.45) is 3.87. The van der Waals surface area contributed by atoms with E-state index in [-0.39, 0.29) is 11.9 Å². The molecule has 1 aromatic carbocycles. The Hall–Kier alpha value is -1.77.